The number of thiocarbonyl (C=S) groups is 1. The van der Waals surface area contributed by atoms with Gasteiger partial charge < -0.3 is 9.84 Å². The molecule has 1 aliphatic rings. The minimum absolute atomic E-state index is 0.0895. The number of nitrogens with one attached hydrogen (secondary N) is 1. The molecule has 0 spiro atoms. The first-order valence-corrected chi connectivity index (χ1v) is 10.9. The summed E-state index contributed by atoms with van der Waals surface area (Å²) in [5, 5.41) is 11.7. The van der Waals surface area contributed by atoms with Crippen molar-refractivity contribution in [3.05, 3.63) is 99.8 Å². The van der Waals surface area contributed by atoms with Crippen LogP contribution in [0.25, 0.3) is 6.08 Å². The molecule has 0 bridgehead atoms. The van der Waals surface area contributed by atoms with E-state index in [-0.39, 0.29) is 27.9 Å². The number of hydrogen-bond donors (Lipinski definition) is 2. The van der Waals surface area contributed by atoms with Crippen LogP contribution in [0.2, 0.25) is 5.02 Å². The maximum Gasteiger partial charge on any atom is 0.335 e. The number of ether oxygens (including phenoxy) is 1. The first-order valence-electron chi connectivity index (χ1n) is 10.1. The lowest BCUT2D eigenvalue weighted by atomic mass is 10.1. The summed E-state index contributed by atoms with van der Waals surface area (Å²) >= 11 is 11.5. The molecular formula is C25H16ClFN2O5S. The van der Waals surface area contributed by atoms with Gasteiger partial charge in [-0.3, -0.25) is 19.8 Å². The second kappa shape index (κ2) is 10.0. The molecule has 0 unspecified atom stereocenters. The fraction of sp³-hybridized carbons (Fsp3) is 0.0400. The highest BCUT2D eigenvalue weighted by Crippen LogP contribution is 2.28. The van der Waals surface area contributed by atoms with Crippen LogP contribution in [-0.4, -0.2) is 28.0 Å². The number of anilines is 1. The summed E-state index contributed by atoms with van der Waals surface area (Å²) in [7, 11) is 0. The molecule has 4 rings (SSSR count). The van der Waals surface area contributed by atoms with Gasteiger partial charge in [0.25, 0.3) is 11.8 Å². The highest BCUT2D eigenvalue weighted by molar-refractivity contribution is 7.80. The van der Waals surface area contributed by atoms with E-state index in [2.05, 4.69) is 5.32 Å². The summed E-state index contributed by atoms with van der Waals surface area (Å²) in [5.41, 5.74) is 1.37. The monoisotopic (exact) mass is 510 g/mol. The molecule has 1 aliphatic heterocycles. The topological polar surface area (TPSA) is 95.9 Å². The molecule has 1 fully saturated rings. The molecule has 2 N–H and O–H groups in total. The van der Waals surface area contributed by atoms with Gasteiger partial charge in [0.15, 0.2) is 5.11 Å². The van der Waals surface area contributed by atoms with E-state index in [1.807, 2.05) is 0 Å². The maximum absolute atomic E-state index is 13.3. The van der Waals surface area contributed by atoms with Crippen molar-refractivity contribution in [1.82, 2.24) is 5.32 Å². The molecule has 1 heterocycles. The Balaban J connectivity index is 1.54. The van der Waals surface area contributed by atoms with Crippen LogP contribution >= 0.6 is 23.8 Å². The molecule has 0 atom stereocenters. The predicted octanol–water partition coefficient (Wildman–Crippen LogP) is 4.59. The molecule has 2 amide bonds. The largest absolute Gasteiger partial charge is 0.487 e. The molecule has 3 aromatic carbocycles. The van der Waals surface area contributed by atoms with Crippen molar-refractivity contribution < 1.29 is 28.6 Å². The van der Waals surface area contributed by atoms with Crippen LogP contribution in [0.5, 0.6) is 5.75 Å². The normalized spacial score (nSPS) is 14.7. The molecule has 3 aromatic rings. The van der Waals surface area contributed by atoms with Gasteiger partial charge in [-0.1, -0.05) is 29.8 Å². The summed E-state index contributed by atoms with van der Waals surface area (Å²) in [5.74, 6) is -2.52. The Kier molecular flexibility index (Phi) is 6.90. The average molecular weight is 511 g/mol. The van der Waals surface area contributed by atoms with Crippen molar-refractivity contribution in [1.29, 1.82) is 0 Å². The number of rotatable bonds is 6. The van der Waals surface area contributed by atoms with Crippen LogP contribution in [0.15, 0.2) is 72.3 Å². The lowest BCUT2D eigenvalue weighted by Gasteiger charge is -2.28. The summed E-state index contributed by atoms with van der Waals surface area (Å²) < 4.78 is 19.0. The Bertz CT molecular complexity index is 1390. The lowest BCUT2D eigenvalue weighted by molar-refractivity contribution is -0.122. The fourth-order valence-electron chi connectivity index (χ4n) is 3.33. The number of halogens is 2. The summed E-state index contributed by atoms with van der Waals surface area (Å²) in [6.45, 7) is 0.0895. The number of carboxylic acids is 1. The average Bonchev–Trinajstić information content (AvgIpc) is 2.82. The molecule has 176 valence electrons. The van der Waals surface area contributed by atoms with Crippen molar-refractivity contribution in [2.45, 2.75) is 6.61 Å². The zero-order valence-electron chi connectivity index (χ0n) is 17.8. The van der Waals surface area contributed by atoms with Crippen LogP contribution in [0, 0.1) is 5.82 Å². The van der Waals surface area contributed by atoms with Gasteiger partial charge in [0, 0.05) is 0 Å². The van der Waals surface area contributed by atoms with Gasteiger partial charge in [-0.05, 0) is 78.0 Å². The van der Waals surface area contributed by atoms with Crippen molar-refractivity contribution in [2.24, 2.45) is 0 Å². The quantitative estimate of drug-likeness (QED) is 0.286. The molecular weight excluding hydrogens is 495 g/mol. The predicted molar refractivity (Wildman–Crippen MR) is 132 cm³/mol. The maximum atomic E-state index is 13.3. The smallest absolute Gasteiger partial charge is 0.335 e. The third kappa shape index (κ3) is 5.37. The Hall–Kier alpha value is -4.08. The van der Waals surface area contributed by atoms with E-state index in [1.165, 1.54) is 48.5 Å². The number of nitrogens with zero attached hydrogens (tertiary/aromatic N) is 1. The summed E-state index contributed by atoms with van der Waals surface area (Å²) in [4.78, 5) is 37.7. The van der Waals surface area contributed by atoms with E-state index >= 15 is 0 Å². The van der Waals surface area contributed by atoms with Crippen molar-refractivity contribution in [3.8, 4) is 5.75 Å². The van der Waals surface area contributed by atoms with Gasteiger partial charge >= 0.3 is 5.97 Å². The molecule has 0 aliphatic carbocycles. The highest BCUT2D eigenvalue weighted by Gasteiger charge is 2.34. The molecule has 0 saturated carbocycles. The molecule has 1 saturated heterocycles. The number of carbonyl (C=O) groups excluding carboxylic acids is 2. The molecule has 10 heteroatoms. The first kappa shape index (κ1) is 24.1. The fourth-order valence-corrected chi connectivity index (χ4v) is 3.85. The molecule has 35 heavy (non-hydrogen) atoms. The van der Waals surface area contributed by atoms with Crippen molar-refractivity contribution >= 4 is 58.5 Å². The van der Waals surface area contributed by atoms with E-state index in [0.29, 0.717) is 22.6 Å². The van der Waals surface area contributed by atoms with Gasteiger partial charge in [0.05, 0.1) is 16.3 Å². The second-order valence-electron chi connectivity index (χ2n) is 7.42. The van der Waals surface area contributed by atoms with E-state index < -0.39 is 23.6 Å². The Morgan fingerprint density at radius 2 is 1.86 bits per heavy atom. The Morgan fingerprint density at radius 1 is 1.11 bits per heavy atom. The number of amides is 2. The Labute approximate surface area is 209 Å². The number of benzene rings is 3. The van der Waals surface area contributed by atoms with E-state index in [4.69, 9.17) is 33.7 Å². The van der Waals surface area contributed by atoms with Gasteiger partial charge in [0.1, 0.15) is 23.7 Å². The lowest BCUT2D eigenvalue weighted by Crippen LogP contribution is -2.54. The summed E-state index contributed by atoms with van der Waals surface area (Å²) in [6, 6.07) is 16.1. The van der Waals surface area contributed by atoms with Crippen molar-refractivity contribution in [2.75, 3.05) is 4.90 Å². The summed E-state index contributed by atoms with van der Waals surface area (Å²) in [6.07, 6.45) is 1.36. The minimum Gasteiger partial charge on any atom is -0.487 e. The van der Waals surface area contributed by atoms with Crippen LogP contribution in [0.3, 0.4) is 0 Å². The number of carbonyl (C=O) groups is 3. The third-order valence-electron chi connectivity index (χ3n) is 5.02. The van der Waals surface area contributed by atoms with E-state index in [1.54, 1.807) is 24.3 Å². The first-order chi connectivity index (χ1) is 16.7. The molecule has 0 radical (unpaired) electrons. The van der Waals surface area contributed by atoms with E-state index in [0.717, 1.165) is 4.90 Å². The SMILES string of the molecule is O=C1NC(=S)N(c2ccc(F)cc2)C(=O)/C1=C\c1ccc(OCc2cccc(C(=O)O)c2)c(Cl)c1. The van der Waals surface area contributed by atoms with Gasteiger partial charge in [-0.25, -0.2) is 9.18 Å². The second-order valence-corrected chi connectivity index (χ2v) is 8.21. The van der Waals surface area contributed by atoms with Gasteiger partial charge in [-0.2, -0.15) is 0 Å². The minimum atomic E-state index is -1.04. The molecule has 7 nitrogen and oxygen atoms in total. The third-order valence-corrected chi connectivity index (χ3v) is 5.60. The number of hydrogen-bond acceptors (Lipinski definition) is 5. The van der Waals surface area contributed by atoms with Crippen LogP contribution < -0.4 is 15.0 Å². The van der Waals surface area contributed by atoms with Gasteiger partial charge in [0.2, 0.25) is 0 Å². The highest BCUT2D eigenvalue weighted by atomic mass is 35.5. The number of aromatic carboxylic acids is 1. The van der Waals surface area contributed by atoms with Crippen LogP contribution in [0.4, 0.5) is 10.1 Å². The zero-order chi connectivity index (χ0) is 25.1. The van der Waals surface area contributed by atoms with Gasteiger partial charge in [-0.15, -0.1) is 0 Å². The molecule has 0 aromatic heterocycles. The van der Waals surface area contributed by atoms with E-state index in [9.17, 15) is 18.8 Å². The van der Waals surface area contributed by atoms with Crippen LogP contribution in [0.1, 0.15) is 21.5 Å². The van der Waals surface area contributed by atoms with Crippen molar-refractivity contribution in [3.63, 3.8) is 0 Å². The van der Waals surface area contributed by atoms with Crippen LogP contribution in [-0.2, 0) is 16.2 Å². The number of carboxylic acid groups (broad SMARTS) is 1. The zero-order valence-corrected chi connectivity index (χ0v) is 19.4. The Morgan fingerprint density at radius 3 is 2.54 bits per heavy atom. The standard InChI is InChI=1S/C25H16ClFN2O5S/c26-20-12-14(4-9-21(20)34-13-15-2-1-3-16(10-15)24(32)33)11-19-22(30)28-25(35)29(23(19)31)18-7-5-17(27)6-8-18/h1-12H,13H2,(H,32,33)(H,28,30,35)/b19-11-.